The molecule has 1 amide bonds. The molecule has 0 saturated heterocycles. The van der Waals surface area contributed by atoms with E-state index in [1.54, 1.807) is 49.1 Å². The smallest absolute Gasteiger partial charge is 0.326 e. The van der Waals surface area contributed by atoms with Gasteiger partial charge in [0.15, 0.2) is 0 Å². The number of amides is 1. The first-order valence-electron chi connectivity index (χ1n) is 15.0. The molecule has 3 heterocycles. The molecule has 10 heteroatoms. The Labute approximate surface area is 258 Å². The van der Waals surface area contributed by atoms with Gasteiger partial charge in [-0.1, -0.05) is 30.3 Å². The van der Waals surface area contributed by atoms with Crippen LogP contribution in [0.15, 0.2) is 95.9 Å². The van der Waals surface area contributed by atoms with Crippen LogP contribution in [0.4, 0.5) is 0 Å². The first-order valence-corrected chi connectivity index (χ1v) is 15.0. The van der Waals surface area contributed by atoms with Crippen molar-refractivity contribution in [2.75, 3.05) is 0 Å². The number of carbonyl (C=O) groups excluding carboxylic acids is 1. The molecule has 45 heavy (non-hydrogen) atoms. The number of phenols is 1. The number of benzene rings is 3. The second kappa shape index (κ2) is 12.0. The molecule has 1 aliphatic carbocycles. The number of carboxylic acids is 1. The number of nitrogens with one attached hydrogen (secondary N) is 2. The highest BCUT2D eigenvalue weighted by molar-refractivity contribution is 6.00. The van der Waals surface area contributed by atoms with Crippen LogP contribution in [-0.2, 0) is 22.6 Å². The van der Waals surface area contributed by atoms with Crippen LogP contribution in [0.25, 0.3) is 33.3 Å². The highest BCUT2D eigenvalue weighted by Gasteiger charge is 2.33. The van der Waals surface area contributed by atoms with E-state index >= 15 is 0 Å². The van der Waals surface area contributed by atoms with Gasteiger partial charge in [-0.05, 0) is 72.9 Å². The number of phenolic OH excluding ortho intramolecular Hbond substituents is 1. The fraction of sp³-hybridized carbons (Fsp3) is 0.229. The monoisotopic (exact) mass is 604 g/mol. The van der Waals surface area contributed by atoms with Crippen molar-refractivity contribution in [2.24, 2.45) is 0 Å². The van der Waals surface area contributed by atoms with E-state index in [0.29, 0.717) is 28.6 Å². The maximum absolute atomic E-state index is 13.4. The number of rotatable bonds is 10. The summed E-state index contributed by atoms with van der Waals surface area (Å²) in [4.78, 5) is 33.6. The number of H-pyrrole nitrogens is 1. The van der Waals surface area contributed by atoms with E-state index in [1.807, 2.05) is 30.3 Å². The largest absolute Gasteiger partial charge is 0.508 e. The normalized spacial score (nSPS) is 17.2. The first-order chi connectivity index (χ1) is 21.9. The van der Waals surface area contributed by atoms with E-state index in [9.17, 15) is 19.8 Å². The molecule has 0 unspecified atom stereocenters. The number of hydrogen-bond acceptors (Lipinski definition) is 6. The van der Waals surface area contributed by atoms with Crippen molar-refractivity contribution in [3.05, 3.63) is 108 Å². The number of furan rings is 1. The quantitative estimate of drug-likeness (QED) is 0.145. The fourth-order valence-corrected chi connectivity index (χ4v) is 6.34. The molecule has 1 saturated carbocycles. The summed E-state index contributed by atoms with van der Waals surface area (Å²) in [7, 11) is 0. The van der Waals surface area contributed by atoms with Crippen molar-refractivity contribution in [3.63, 3.8) is 0 Å². The highest BCUT2D eigenvalue weighted by Crippen LogP contribution is 2.39. The van der Waals surface area contributed by atoms with E-state index < -0.39 is 17.9 Å². The topological polar surface area (TPSA) is 143 Å². The minimum absolute atomic E-state index is 0.0148. The van der Waals surface area contributed by atoms with Crippen LogP contribution in [0.1, 0.15) is 46.8 Å². The van der Waals surface area contributed by atoms with Crippen molar-refractivity contribution in [3.8, 4) is 17.1 Å². The number of carbonyl (C=O) groups is 2. The molecule has 10 nitrogen and oxygen atoms in total. The number of nitrogens with zero attached hydrogens (tertiary/aromatic N) is 2. The second-order valence-corrected chi connectivity index (χ2v) is 11.5. The van der Waals surface area contributed by atoms with Crippen LogP contribution < -0.4 is 5.32 Å². The van der Waals surface area contributed by atoms with Crippen molar-refractivity contribution >= 4 is 33.8 Å². The lowest BCUT2D eigenvalue weighted by molar-refractivity contribution is -0.139. The van der Waals surface area contributed by atoms with Gasteiger partial charge in [-0.2, -0.15) is 0 Å². The molecular formula is C35H32N4O6. The Balaban J connectivity index is 1.16. The molecular weight excluding hydrogens is 572 g/mol. The molecule has 1 aliphatic rings. The second-order valence-electron chi connectivity index (χ2n) is 11.5. The van der Waals surface area contributed by atoms with Gasteiger partial charge in [-0.15, -0.1) is 0 Å². The number of aromatic nitrogens is 3. The minimum Gasteiger partial charge on any atom is -0.508 e. The van der Waals surface area contributed by atoms with Gasteiger partial charge in [-0.3, -0.25) is 4.79 Å². The summed E-state index contributed by atoms with van der Waals surface area (Å²) in [6.45, 7) is 0.518. The van der Waals surface area contributed by atoms with Crippen molar-refractivity contribution in [1.29, 1.82) is 0 Å². The predicted octanol–water partition coefficient (Wildman–Crippen LogP) is 6.22. The maximum Gasteiger partial charge on any atom is 0.326 e. The van der Waals surface area contributed by atoms with Gasteiger partial charge in [0.25, 0.3) is 5.91 Å². The highest BCUT2D eigenvalue weighted by atomic mass is 16.5. The zero-order chi connectivity index (χ0) is 30.9. The van der Waals surface area contributed by atoms with Gasteiger partial charge >= 0.3 is 5.97 Å². The fourth-order valence-electron chi connectivity index (χ4n) is 6.34. The Bertz CT molecular complexity index is 1980. The standard InChI is InChI=1S/C35H32N4O6/c40-25-10-11-27-26(17-25)24(18-36-27)16-29(35(42)43)38-34(41)22-9-12-30-28(15-22)37-33(23-13-14-44-20-23)39(30)31-7-4-8-32(31)45-19-21-5-2-1-3-6-21/h1-3,5-6,9-15,17-18,20,29,31-32,36,40H,4,7-8,16,19H2,(H,38,41)(H,42,43)/t29-,31+,32+/m0/s1. The van der Waals surface area contributed by atoms with Gasteiger partial charge in [0.2, 0.25) is 0 Å². The average Bonchev–Trinajstić information content (AvgIpc) is 3.86. The van der Waals surface area contributed by atoms with E-state index in [4.69, 9.17) is 14.1 Å². The summed E-state index contributed by atoms with van der Waals surface area (Å²) in [6, 6.07) is 20.9. The van der Waals surface area contributed by atoms with Crippen molar-refractivity contribution < 1.29 is 29.0 Å². The molecule has 4 N–H and O–H groups in total. The minimum atomic E-state index is -1.19. The maximum atomic E-state index is 13.4. The number of imidazole rings is 1. The van der Waals surface area contributed by atoms with Crippen LogP contribution in [0, 0.1) is 0 Å². The molecule has 6 aromatic rings. The zero-order valence-electron chi connectivity index (χ0n) is 24.3. The van der Waals surface area contributed by atoms with Gasteiger partial charge in [0, 0.05) is 29.1 Å². The van der Waals surface area contributed by atoms with Crippen molar-refractivity contribution in [2.45, 2.75) is 50.5 Å². The Morgan fingerprint density at radius 2 is 1.96 bits per heavy atom. The number of carboxylic acid groups (broad SMARTS) is 1. The number of fused-ring (bicyclic) bond motifs is 2. The molecule has 3 aromatic carbocycles. The number of hydrogen-bond donors (Lipinski definition) is 4. The number of aromatic hydroxyl groups is 1. The summed E-state index contributed by atoms with van der Waals surface area (Å²) in [5.74, 6) is -0.874. The number of aromatic amines is 1. The summed E-state index contributed by atoms with van der Waals surface area (Å²) < 4.78 is 14.0. The van der Waals surface area contributed by atoms with Gasteiger partial charge < -0.3 is 34.2 Å². The Morgan fingerprint density at radius 3 is 2.76 bits per heavy atom. The van der Waals surface area contributed by atoms with E-state index in [-0.39, 0.29) is 24.3 Å². The average molecular weight is 605 g/mol. The molecule has 1 fully saturated rings. The lowest BCUT2D eigenvalue weighted by Gasteiger charge is -2.24. The van der Waals surface area contributed by atoms with Crippen molar-refractivity contribution in [1.82, 2.24) is 19.9 Å². The lowest BCUT2D eigenvalue weighted by Crippen LogP contribution is -2.42. The van der Waals surface area contributed by atoms with Gasteiger partial charge in [-0.25, -0.2) is 9.78 Å². The Hall–Kier alpha value is -5.35. The third kappa shape index (κ3) is 5.67. The molecule has 0 spiro atoms. The third-order valence-corrected chi connectivity index (χ3v) is 8.57. The van der Waals surface area contributed by atoms with Gasteiger partial charge in [0.1, 0.15) is 23.9 Å². The molecule has 3 aromatic heterocycles. The molecule has 3 atom stereocenters. The SMILES string of the molecule is O=C(N[C@@H](Cc1c[nH]c2ccc(O)cc12)C(=O)O)c1ccc2c(c1)nc(-c1ccoc1)n2[C@@H]1CCC[C@H]1OCc1ccccc1. The first kappa shape index (κ1) is 28.4. The molecule has 0 aliphatic heterocycles. The molecule has 0 bridgehead atoms. The van der Waals surface area contributed by atoms with Crippen LogP contribution >= 0.6 is 0 Å². The summed E-state index contributed by atoms with van der Waals surface area (Å²) in [6.07, 6.45) is 7.85. The summed E-state index contributed by atoms with van der Waals surface area (Å²) >= 11 is 0. The third-order valence-electron chi connectivity index (χ3n) is 8.57. The Morgan fingerprint density at radius 1 is 1.09 bits per heavy atom. The molecule has 7 rings (SSSR count). The summed E-state index contributed by atoms with van der Waals surface area (Å²) in [5.41, 5.74) is 5.16. The van der Waals surface area contributed by atoms with E-state index in [1.165, 1.54) is 0 Å². The van der Waals surface area contributed by atoms with Crippen LogP contribution in [0.3, 0.4) is 0 Å². The van der Waals surface area contributed by atoms with E-state index in [2.05, 4.69) is 27.0 Å². The van der Waals surface area contributed by atoms with Crippen LogP contribution in [-0.4, -0.2) is 48.8 Å². The van der Waals surface area contributed by atoms with Crippen LogP contribution in [0.5, 0.6) is 5.75 Å². The summed E-state index contributed by atoms with van der Waals surface area (Å²) in [5, 5.41) is 23.3. The van der Waals surface area contributed by atoms with E-state index in [0.717, 1.165) is 47.2 Å². The molecule has 228 valence electrons. The zero-order valence-corrected chi connectivity index (χ0v) is 24.3. The lowest BCUT2D eigenvalue weighted by atomic mass is 10.0. The molecule has 0 radical (unpaired) electrons. The Kier molecular flexibility index (Phi) is 7.56. The number of aliphatic carboxylic acids is 1. The predicted molar refractivity (Wildman–Crippen MR) is 168 cm³/mol. The number of ether oxygens (including phenoxy) is 1. The van der Waals surface area contributed by atoms with Gasteiger partial charge in [0.05, 0.1) is 41.6 Å². The van der Waals surface area contributed by atoms with Crippen LogP contribution in [0.2, 0.25) is 0 Å².